The Labute approximate surface area is 196 Å². The number of hydroxylamine groups is 1. The van der Waals surface area contributed by atoms with E-state index in [1.807, 2.05) is 43.3 Å². The lowest BCUT2D eigenvalue weighted by Crippen LogP contribution is -2.48. The number of halogens is 3. The van der Waals surface area contributed by atoms with Crippen molar-refractivity contribution >= 4 is 0 Å². The molecule has 180 valence electrons. The van der Waals surface area contributed by atoms with Gasteiger partial charge in [0.2, 0.25) is 5.82 Å². The zero-order chi connectivity index (χ0) is 24.3. The van der Waals surface area contributed by atoms with Gasteiger partial charge in [0.15, 0.2) is 0 Å². The van der Waals surface area contributed by atoms with Gasteiger partial charge >= 0.3 is 6.18 Å². The van der Waals surface area contributed by atoms with Crippen LogP contribution in [0.2, 0.25) is 0 Å². The summed E-state index contributed by atoms with van der Waals surface area (Å²) in [4.78, 5) is 6.06. The van der Waals surface area contributed by atoms with Crippen molar-refractivity contribution in [3.05, 3.63) is 59.8 Å². The molecule has 1 N–H and O–H groups in total. The van der Waals surface area contributed by atoms with E-state index in [2.05, 4.69) is 27.5 Å². The standard InChI is InChI=1S/C24H27F3N6O/c1-4-5-10-22-16(2)17(3)32(15-24(25,26)27)33(22)34-19-13-11-18(12-14-19)20-8-6-7-9-21(20)23-28-30-31-29-23/h6-9,11-14,22H,4-5,10,15H2,1-3H3,(H,28,29,30,31). The number of H-pyrrole nitrogens is 1. The number of hydrazine groups is 1. The van der Waals surface area contributed by atoms with Crippen LogP contribution in [0.3, 0.4) is 0 Å². The molecule has 2 aromatic carbocycles. The van der Waals surface area contributed by atoms with Gasteiger partial charge in [0.25, 0.3) is 0 Å². The molecule has 1 aliphatic rings. The fourth-order valence-electron chi connectivity index (χ4n) is 4.13. The average molecular weight is 473 g/mol. The van der Waals surface area contributed by atoms with E-state index in [-0.39, 0.29) is 6.04 Å². The van der Waals surface area contributed by atoms with Crippen molar-refractivity contribution < 1.29 is 18.0 Å². The average Bonchev–Trinajstić information content (AvgIpc) is 3.42. The summed E-state index contributed by atoms with van der Waals surface area (Å²) in [6.07, 6.45) is -1.80. The first-order chi connectivity index (χ1) is 16.3. The number of unbranched alkanes of at least 4 members (excludes halogenated alkanes) is 1. The number of hydrogen-bond donors (Lipinski definition) is 1. The Balaban J connectivity index is 1.59. The van der Waals surface area contributed by atoms with Crippen LogP contribution in [0.4, 0.5) is 13.2 Å². The molecule has 0 bridgehead atoms. The monoisotopic (exact) mass is 472 g/mol. The molecule has 7 nitrogen and oxygen atoms in total. The van der Waals surface area contributed by atoms with E-state index in [1.54, 1.807) is 19.1 Å². The maximum atomic E-state index is 13.3. The number of nitrogens with zero attached hydrogens (tertiary/aromatic N) is 5. The SMILES string of the molecule is CCCCC1C(C)=C(C)N(CC(F)(F)F)N1Oc1ccc(-c2ccccc2-c2nn[nH]n2)cc1. The van der Waals surface area contributed by atoms with E-state index < -0.39 is 12.7 Å². The number of alkyl halides is 3. The molecule has 0 spiro atoms. The van der Waals surface area contributed by atoms with Crippen molar-refractivity contribution in [2.45, 2.75) is 52.3 Å². The van der Waals surface area contributed by atoms with Crippen LogP contribution in [0, 0.1) is 0 Å². The molecule has 0 fully saturated rings. The number of aromatic amines is 1. The van der Waals surface area contributed by atoms with E-state index in [1.165, 1.54) is 10.2 Å². The van der Waals surface area contributed by atoms with Crippen molar-refractivity contribution in [3.8, 4) is 28.3 Å². The molecular formula is C24H27F3N6O. The van der Waals surface area contributed by atoms with Gasteiger partial charge in [-0.3, -0.25) is 5.01 Å². The van der Waals surface area contributed by atoms with E-state index in [0.717, 1.165) is 35.1 Å². The van der Waals surface area contributed by atoms with Crippen molar-refractivity contribution in [1.29, 1.82) is 0 Å². The quantitative estimate of drug-likeness (QED) is 0.449. The Kier molecular flexibility index (Phi) is 6.87. The third-order valence-corrected chi connectivity index (χ3v) is 6.00. The summed E-state index contributed by atoms with van der Waals surface area (Å²) in [6, 6.07) is 14.7. The second kappa shape index (κ2) is 9.84. The van der Waals surface area contributed by atoms with Crippen LogP contribution in [-0.2, 0) is 0 Å². The summed E-state index contributed by atoms with van der Waals surface area (Å²) in [7, 11) is 0. The molecule has 34 heavy (non-hydrogen) atoms. The summed E-state index contributed by atoms with van der Waals surface area (Å²) >= 11 is 0. The van der Waals surface area contributed by atoms with Gasteiger partial charge in [-0.05, 0) is 59.5 Å². The highest BCUT2D eigenvalue weighted by Crippen LogP contribution is 2.36. The number of allylic oxidation sites excluding steroid dienone is 1. The third kappa shape index (κ3) is 5.06. The number of nitrogens with one attached hydrogen (secondary N) is 1. The Morgan fingerprint density at radius 2 is 1.74 bits per heavy atom. The Morgan fingerprint density at radius 3 is 2.35 bits per heavy atom. The summed E-state index contributed by atoms with van der Waals surface area (Å²) in [5.41, 5.74) is 4.09. The van der Waals surface area contributed by atoms with E-state index >= 15 is 0 Å². The van der Waals surface area contributed by atoms with Crippen LogP contribution < -0.4 is 4.84 Å². The minimum absolute atomic E-state index is 0.249. The fourth-order valence-corrected chi connectivity index (χ4v) is 4.13. The second-order valence-corrected chi connectivity index (χ2v) is 8.30. The van der Waals surface area contributed by atoms with Gasteiger partial charge < -0.3 is 4.84 Å². The van der Waals surface area contributed by atoms with Gasteiger partial charge in [0.1, 0.15) is 12.3 Å². The summed E-state index contributed by atoms with van der Waals surface area (Å²) in [6.45, 7) is 4.54. The van der Waals surface area contributed by atoms with Gasteiger partial charge in [-0.2, -0.15) is 18.4 Å². The predicted octanol–water partition coefficient (Wildman–Crippen LogP) is 5.78. The second-order valence-electron chi connectivity index (χ2n) is 8.30. The molecule has 0 aliphatic carbocycles. The summed E-state index contributed by atoms with van der Waals surface area (Å²) in [5.74, 6) is 0.934. The molecule has 0 amide bonds. The molecule has 0 radical (unpaired) electrons. The highest BCUT2D eigenvalue weighted by Gasteiger charge is 2.42. The van der Waals surface area contributed by atoms with Gasteiger partial charge in [-0.25, -0.2) is 0 Å². The van der Waals surface area contributed by atoms with Crippen molar-refractivity contribution in [1.82, 2.24) is 30.8 Å². The molecule has 1 atom stereocenters. The number of aromatic nitrogens is 4. The van der Waals surface area contributed by atoms with Crippen LogP contribution in [0.25, 0.3) is 22.5 Å². The van der Waals surface area contributed by atoms with Gasteiger partial charge in [0.05, 0.1) is 6.04 Å². The van der Waals surface area contributed by atoms with Gasteiger partial charge in [-0.15, -0.1) is 10.2 Å². The number of hydrogen-bond acceptors (Lipinski definition) is 6. The smallest absolute Gasteiger partial charge is 0.386 e. The molecule has 2 heterocycles. The van der Waals surface area contributed by atoms with Crippen LogP contribution in [0.15, 0.2) is 59.8 Å². The Bertz CT molecular complexity index is 1130. The maximum Gasteiger partial charge on any atom is 0.407 e. The molecule has 1 aromatic heterocycles. The van der Waals surface area contributed by atoms with Crippen LogP contribution in [0.1, 0.15) is 40.0 Å². The molecule has 0 saturated carbocycles. The zero-order valence-electron chi connectivity index (χ0n) is 19.3. The maximum absolute atomic E-state index is 13.3. The highest BCUT2D eigenvalue weighted by atomic mass is 19.4. The molecule has 0 saturated heterocycles. The summed E-state index contributed by atoms with van der Waals surface area (Å²) in [5, 5.41) is 16.8. The lowest BCUT2D eigenvalue weighted by molar-refractivity contribution is -0.251. The van der Waals surface area contributed by atoms with Gasteiger partial charge in [0, 0.05) is 11.3 Å². The highest BCUT2D eigenvalue weighted by molar-refractivity contribution is 5.80. The predicted molar refractivity (Wildman–Crippen MR) is 122 cm³/mol. The van der Waals surface area contributed by atoms with Crippen LogP contribution in [-0.4, -0.2) is 49.6 Å². The third-order valence-electron chi connectivity index (χ3n) is 6.00. The zero-order valence-corrected chi connectivity index (χ0v) is 19.3. The molecule has 10 heteroatoms. The van der Waals surface area contributed by atoms with Crippen molar-refractivity contribution in [2.24, 2.45) is 0 Å². The van der Waals surface area contributed by atoms with Crippen LogP contribution >= 0.6 is 0 Å². The van der Waals surface area contributed by atoms with E-state index in [9.17, 15) is 13.2 Å². The van der Waals surface area contributed by atoms with Crippen molar-refractivity contribution in [3.63, 3.8) is 0 Å². The fraction of sp³-hybridized carbons (Fsp3) is 0.375. The molecule has 4 rings (SSSR count). The number of rotatable bonds is 8. The first kappa shape index (κ1) is 23.7. The number of benzene rings is 2. The Hall–Kier alpha value is -3.40. The molecular weight excluding hydrogens is 445 g/mol. The lowest BCUT2D eigenvalue weighted by atomic mass is 9.99. The lowest BCUT2D eigenvalue weighted by Gasteiger charge is -2.34. The normalized spacial score (nSPS) is 17.0. The Morgan fingerprint density at radius 1 is 1.03 bits per heavy atom. The largest absolute Gasteiger partial charge is 0.407 e. The van der Waals surface area contributed by atoms with Crippen LogP contribution in [0.5, 0.6) is 5.75 Å². The topological polar surface area (TPSA) is 70.2 Å². The van der Waals surface area contributed by atoms with E-state index in [0.29, 0.717) is 23.7 Å². The first-order valence-electron chi connectivity index (χ1n) is 11.2. The van der Waals surface area contributed by atoms with E-state index in [4.69, 9.17) is 4.84 Å². The molecule has 1 aliphatic heterocycles. The minimum Gasteiger partial charge on any atom is -0.386 e. The summed E-state index contributed by atoms with van der Waals surface area (Å²) < 4.78 is 40.0. The molecule has 1 unspecified atom stereocenters. The first-order valence-corrected chi connectivity index (χ1v) is 11.2. The van der Waals surface area contributed by atoms with Crippen molar-refractivity contribution in [2.75, 3.05) is 6.54 Å². The number of tetrazole rings is 1. The van der Waals surface area contributed by atoms with Gasteiger partial charge in [-0.1, -0.05) is 56.2 Å². The minimum atomic E-state index is -4.36. The molecule has 3 aromatic rings.